The number of hydrogen-bond acceptors (Lipinski definition) is 5. The molecule has 1 atom stereocenters. The lowest BCUT2D eigenvalue weighted by Gasteiger charge is -2.13. The Balaban J connectivity index is 2.73. The highest BCUT2D eigenvalue weighted by molar-refractivity contribution is 9.10. The van der Waals surface area contributed by atoms with Crippen LogP contribution in [0, 0.1) is 5.92 Å². The number of rotatable bonds is 7. The number of anilines is 1. The van der Waals surface area contributed by atoms with Crippen molar-refractivity contribution < 1.29 is 9.84 Å². The number of halogens is 1. The molecule has 0 amide bonds. The minimum Gasteiger partial charge on any atom is -0.394 e. The molecule has 0 fully saturated rings. The summed E-state index contributed by atoms with van der Waals surface area (Å²) >= 11 is 3.24. The van der Waals surface area contributed by atoms with Gasteiger partial charge in [0.2, 0.25) is 0 Å². The lowest BCUT2D eigenvalue weighted by atomic mass is 10.2. The van der Waals surface area contributed by atoms with Crippen LogP contribution in [0.2, 0.25) is 0 Å². The number of ether oxygens (including phenoxy) is 1. The molecular weight excluding hydrogens is 302 g/mol. The van der Waals surface area contributed by atoms with Crippen molar-refractivity contribution >= 4 is 21.6 Å². The molecule has 2 N–H and O–H groups in total. The van der Waals surface area contributed by atoms with Gasteiger partial charge in [0.1, 0.15) is 4.47 Å². The molecule has 0 saturated heterocycles. The van der Waals surface area contributed by atoms with Crippen LogP contribution in [-0.4, -0.2) is 41.8 Å². The molecule has 18 heavy (non-hydrogen) atoms. The molecule has 1 rings (SSSR count). The zero-order valence-corrected chi connectivity index (χ0v) is 12.1. The summed E-state index contributed by atoms with van der Waals surface area (Å²) in [5.74, 6) is 0.335. The fourth-order valence-corrected chi connectivity index (χ4v) is 1.92. The molecule has 1 aromatic rings. The van der Waals surface area contributed by atoms with E-state index in [4.69, 9.17) is 9.84 Å². The number of aliphatic hydroxyl groups excluding tert-OH is 1. The Hall–Kier alpha value is -0.920. The van der Waals surface area contributed by atoms with Gasteiger partial charge in [0, 0.05) is 13.7 Å². The molecule has 0 radical (unpaired) electrons. The van der Waals surface area contributed by atoms with Crippen LogP contribution in [0.5, 0.6) is 0 Å². The van der Waals surface area contributed by atoms with Crippen LogP contribution < -0.4 is 10.9 Å². The van der Waals surface area contributed by atoms with Crippen molar-refractivity contribution in [3.05, 3.63) is 21.0 Å². The molecule has 6 nitrogen and oxygen atoms in total. The van der Waals surface area contributed by atoms with Crippen LogP contribution in [0.25, 0.3) is 0 Å². The summed E-state index contributed by atoms with van der Waals surface area (Å²) in [5.41, 5.74) is 0.394. The van der Waals surface area contributed by atoms with Crippen LogP contribution in [0.1, 0.15) is 6.92 Å². The molecular formula is C11H18BrN3O3. The molecule has 0 spiro atoms. The number of nitrogens with zero attached hydrogens (tertiary/aromatic N) is 2. The molecule has 0 aliphatic rings. The first-order valence-electron chi connectivity index (χ1n) is 5.69. The van der Waals surface area contributed by atoms with Gasteiger partial charge >= 0.3 is 0 Å². The molecule has 1 unspecified atom stereocenters. The summed E-state index contributed by atoms with van der Waals surface area (Å²) in [5, 5.41) is 15.9. The average molecular weight is 320 g/mol. The topological polar surface area (TPSA) is 76.4 Å². The van der Waals surface area contributed by atoms with Crippen LogP contribution in [0.3, 0.4) is 0 Å². The highest BCUT2D eigenvalue weighted by atomic mass is 79.9. The monoisotopic (exact) mass is 319 g/mol. The van der Waals surface area contributed by atoms with Crippen LogP contribution >= 0.6 is 15.9 Å². The second-order valence-corrected chi connectivity index (χ2v) is 4.86. The normalized spacial score (nSPS) is 12.4. The summed E-state index contributed by atoms with van der Waals surface area (Å²) in [7, 11) is 1.66. The highest BCUT2D eigenvalue weighted by Crippen LogP contribution is 2.16. The Morgan fingerprint density at radius 1 is 1.67 bits per heavy atom. The zero-order chi connectivity index (χ0) is 13.5. The van der Waals surface area contributed by atoms with E-state index in [1.54, 1.807) is 13.3 Å². The number of nitrogens with one attached hydrogen (secondary N) is 1. The van der Waals surface area contributed by atoms with Gasteiger partial charge in [-0.25, -0.2) is 4.68 Å². The molecule has 0 aromatic carbocycles. The van der Waals surface area contributed by atoms with Crippen molar-refractivity contribution in [2.24, 2.45) is 5.92 Å². The summed E-state index contributed by atoms with van der Waals surface area (Å²) in [6, 6.07) is 0. The van der Waals surface area contributed by atoms with Gasteiger partial charge in [-0.05, 0) is 21.8 Å². The van der Waals surface area contributed by atoms with Gasteiger partial charge in [-0.1, -0.05) is 6.92 Å². The first-order valence-corrected chi connectivity index (χ1v) is 6.48. The quantitative estimate of drug-likeness (QED) is 0.773. The van der Waals surface area contributed by atoms with Crippen LogP contribution in [-0.2, 0) is 11.3 Å². The molecule has 0 aliphatic carbocycles. The molecule has 0 aliphatic heterocycles. The average Bonchev–Trinajstić information content (AvgIpc) is 2.35. The van der Waals surface area contributed by atoms with Gasteiger partial charge in [0.25, 0.3) is 5.56 Å². The maximum absolute atomic E-state index is 11.8. The van der Waals surface area contributed by atoms with E-state index in [-0.39, 0.29) is 18.7 Å². The maximum atomic E-state index is 11.8. The second kappa shape index (κ2) is 7.50. The van der Waals surface area contributed by atoms with E-state index in [0.29, 0.717) is 29.2 Å². The van der Waals surface area contributed by atoms with Crippen molar-refractivity contribution in [3.63, 3.8) is 0 Å². The van der Waals surface area contributed by atoms with Crippen molar-refractivity contribution in [2.45, 2.75) is 13.5 Å². The highest BCUT2D eigenvalue weighted by Gasteiger charge is 2.09. The predicted octanol–water partition coefficient (Wildman–Crippen LogP) is 0.692. The van der Waals surface area contributed by atoms with Gasteiger partial charge in [-0.3, -0.25) is 4.79 Å². The minimum absolute atomic E-state index is 0.114. The Morgan fingerprint density at radius 2 is 2.39 bits per heavy atom. The zero-order valence-electron chi connectivity index (χ0n) is 10.5. The Kier molecular flexibility index (Phi) is 6.31. The standard InChI is InChI=1S/C11H18BrN3O3/c1-8(7-18-2)5-13-9-6-14-15(3-4-16)11(17)10(9)12/h6,8,13,16H,3-5,7H2,1-2H3. The molecule has 0 saturated carbocycles. The van der Waals surface area contributed by atoms with Gasteiger partial charge in [0.15, 0.2) is 0 Å². The van der Waals surface area contributed by atoms with E-state index in [1.807, 2.05) is 6.92 Å². The van der Waals surface area contributed by atoms with Crippen molar-refractivity contribution in [1.82, 2.24) is 9.78 Å². The number of methoxy groups -OCH3 is 1. The van der Waals surface area contributed by atoms with Gasteiger partial charge in [-0.2, -0.15) is 5.10 Å². The lowest BCUT2D eigenvalue weighted by Crippen LogP contribution is -2.26. The molecule has 7 heteroatoms. The van der Waals surface area contributed by atoms with E-state index >= 15 is 0 Å². The summed E-state index contributed by atoms with van der Waals surface area (Å²) in [6.07, 6.45) is 1.57. The van der Waals surface area contributed by atoms with Crippen LogP contribution in [0.15, 0.2) is 15.5 Å². The fraction of sp³-hybridized carbons (Fsp3) is 0.636. The second-order valence-electron chi connectivity index (χ2n) is 4.07. The largest absolute Gasteiger partial charge is 0.394 e. The minimum atomic E-state index is -0.256. The van der Waals surface area contributed by atoms with Gasteiger partial charge in [-0.15, -0.1) is 0 Å². The Labute approximate surface area is 114 Å². The Morgan fingerprint density at radius 3 is 3.00 bits per heavy atom. The number of aliphatic hydroxyl groups is 1. The fourth-order valence-electron chi connectivity index (χ4n) is 1.47. The third-order valence-corrected chi connectivity index (χ3v) is 3.16. The third-order valence-electron chi connectivity index (χ3n) is 2.39. The predicted molar refractivity (Wildman–Crippen MR) is 72.8 cm³/mol. The summed E-state index contributed by atoms with van der Waals surface area (Å²) in [6.45, 7) is 3.47. The first-order chi connectivity index (χ1) is 8.60. The number of aromatic nitrogens is 2. The SMILES string of the molecule is COCC(C)CNc1cnn(CCO)c(=O)c1Br. The smallest absolute Gasteiger partial charge is 0.283 e. The van der Waals surface area contributed by atoms with Gasteiger partial charge < -0.3 is 15.2 Å². The maximum Gasteiger partial charge on any atom is 0.283 e. The van der Waals surface area contributed by atoms with Crippen molar-refractivity contribution in [1.29, 1.82) is 0 Å². The van der Waals surface area contributed by atoms with Gasteiger partial charge in [0.05, 0.1) is 31.6 Å². The molecule has 0 bridgehead atoms. The lowest BCUT2D eigenvalue weighted by molar-refractivity contribution is 0.164. The van der Waals surface area contributed by atoms with E-state index in [2.05, 4.69) is 26.3 Å². The summed E-state index contributed by atoms with van der Waals surface area (Å²) < 4.78 is 6.68. The first kappa shape index (κ1) is 15.1. The van der Waals surface area contributed by atoms with Crippen LogP contribution in [0.4, 0.5) is 5.69 Å². The van der Waals surface area contributed by atoms with E-state index in [9.17, 15) is 4.79 Å². The van der Waals surface area contributed by atoms with E-state index in [1.165, 1.54) is 4.68 Å². The number of hydrogen-bond donors (Lipinski definition) is 2. The third kappa shape index (κ3) is 4.08. The molecule has 102 valence electrons. The van der Waals surface area contributed by atoms with E-state index < -0.39 is 0 Å². The van der Waals surface area contributed by atoms with Crippen molar-refractivity contribution in [3.8, 4) is 0 Å². The van der Waals surface area contributed by atoms with Crippen molar-refractivity contribution in [2.75, 3.05) is 32.2 Å². The summed E-state index contributed by atoms with van der Waals surface area (Å²) in [4.78, 5) is 11.8. The molecule has 1 aromatic heterocycles. The Bertz CT molecular complexity index is 436. The molecule has 1 heterocycles. The van der Waals surface area contributed by atoms with E-state index in [0.717, 1.165) is 0 Å².